The highest BCUT2D eigenvalue weighted by atomic mass is 16.6. The summed E-state index contributed by atoms with van der Waals surface area (Å²) in [6, 6.07) is 7.66. The zero-order valence-electron chi connectivity index (χ0n) is 12.8. The highest BCUT2D eigenvalue weighted by molar-refractivity contribution is 5.91. The second-order valence-corrected chi connectivity index (χ2v) is 5.38. The molecule has 2 aromatic rings. The van der Waals surface area contributed by atoms with Crippen molar-refractivity contribution in [2.75, 3.05) is 31.1 Å². The molecule has 1 aliphatic rings. The number of nitro groups is 1. The number of carbonyl (C=O) groups is 2. The summed E-state index contributed by atoms with van der Waals surface area (Å²) < 4.78 is 5.11. The maximum Gasteiger partial charge on any atom is 0.293 e. The van der Waals surface area contributed by atoms with E-state index in [1.807, 2.05) is 4.90 Å². The molecular weight excluding hydrogens is 314 g/mol. The maximum absolute atomic E-state index is 12.2. The average molecular weight is 329 g/mol. The molecule has 0 radical (unpaired) electrons. The lowest BCUT2D eigenvalue weighted by Gasteiger charge is -2.35. The van der Waals surface area contributed by atoms with Crippen LogP contribution in [0.4, 0.5) is 11.4 Å². The van der Waals surface area contributed by atoms with Crippen LogP contribution in [0.1, 0.15) is 20.9 Å². The van der Waals surface area contributed by atoms with Crippen molar-refractivity contribution < 1.29 is 18.9 Å². The second kappa shape index (κ2) is 6.53. The Morgan fingerprint density at radius 1 is 1.21 bits per heavy atom. The molecule has 0 spiro atoms. The van der Waals surface area contributed by atoms with E-state index in [0.717, 1.165) is 0 Å². The van der Waals surface area contributed by atoms with Gasteiger partial charge in [-0.25, -0.2) is 0 Å². The van der Waals surface area contributed by atoms with Crippen molar-refractivity contribution in [2.45, 2.75) is 0 Å². The Hall–Kier alpha value is -3.16. The van der Waals surface area contributed by atoms with Gasteiger partial charge in [-0.3, -0.25) is 19.7 Å². The predicted octanol–water partition coefficient (Wildman–Crippen LogP) is 1.96. The molecular formula is C16H15N3O5. The summed E-state index contributed by atoms with van der Waals surface area (Å²) in [4.78, 5) is 37.3. The molecule has 3 rings (SSSR count). The van der Waals surface area contributed by atoms with Gasteiger partial charge in [0, 0.05) is 37.8 Å². The Balaban J connectivity index is 1.74. The van der Waals surface area contributed by atoms with E-state index in [0.29, 0.717) is 38.2 Å². The fraction of sp³-hybridized carbons (Fsp3) is 0.250. The van der Waals surface area contributed by atoms with Crippen molar-refractivity contribution in [2.24, 2.45) is 0 Å². The van der Waals surface area contributed by atoms with Gasteiger partial charge in [0.25, 0.3) is 11.6 Å². The van der Waals surface area contributed by atoms with Crippen molar-refractivity contribution in [3.63, 3.8) is 0 Å². The van der Waals surface area contributed by atoms with Crippen molar-refractivity contribution in [3.05, 3.63) is 58.0 Å². The highest BCUT2D eigenvalue weighted by Gasteiger charge is 2.27. The lowest BCUT2D eigenvalue weighted by Crippen LogP contribution is -2.48. The number of nitrogens with zero attached hydrogens (tertiary/aromatic N) is 3. The number of anilines is 1. The molecule has 1 amide bonds. The number of furan rings is 1. The standard InChI is InChI=1S/C16H15N3O5/c20-11-12-3-4-13(14(10-12)19(22)23)17-5-7-18(8-6-17)16(21)15-2-1-9-24-15/h1-4,9-11H,5-8H2. The SMILES string of the molecule is O=Cc1ccc(N2CCN(C(=O)c3ccco3)CC2)c([N+](=O)[O-])c1. The lowest BCUT2D eigenvalue weighted by molar-refractivity contribution is -0.384. The van der Waals surface area contributed by atoms with Crippen molar-refractivity contribution in [1.82, 2.24) is 4.90 Å². The third-order valence-electron chi connectivity index (χ3n) is 3.97. The summed E-state index contributed by atoms with van der Waals surface area (Å²) in [6.07, 6.45) is 2.03. The Bertz CT molecular complexity index is 764. The number of aldehydes is 1. The number of amides is 1. The molecule has 1 aliphatic heterocycles. The lowest BCUT2D eigenvalue weighted by atomic mass is 10.1. The minimum atomic E-state index is -0.497. The monoisotopic (exact) mass is 329 g/mol. The van der Waals surface area contributed by atoms with E-state index in [9.17, 15) is 19.7 Å². The van der Waals surface area contributed by atoms with Gasteiger partial charge in [0.1, 0.15) is 12.0 Å². The normalized spacial score (nSPS) is 14.5. The fourth-order valence-electron chi connectivity index (χ4n) is 2.73. The summed E-state index contributed by atoms with van der Waals surface area (Å²) in [7, 11) is 0. The molecule has 8 nitrogen and oxygen atoms in total. The molecule has 8 heteroatoms. The number of hydrogen-bond acceptors (Lipinski definition) is 6. The van der Waals surface area contributed by atoms with Gasteiger partial charge in [-0.1, -0.05) is 0 Å². The van der Waals surface area contributed by atoms with Gasteiger partial charge in [-0.2, -0.15) is 0 Å². The first-order valence-corrected chi connectivity index (χ1v) is 7.41. The van der Waals surface area contributed by atoms with Crippen LogP contribution in [0.15, 0.2) is 41.0 Å². The minimum Gasteiger partial charge on any atom is -0.459 e. The molecule has 0 aliphatic carbocycles. The molecule has 0 atom stereocenters. The minimum absolute atomic E-state index is 0.106. The molecule has 0 saturated carbocycles. The smallest absolute Gasteiger partial charge is 0.293 e. The summed E-state index contributed by atoms with van der Waals surface area (Å²) in [5, 5.41) is 11.2. The molecule has 2 heterocycles. The Morgan fingerprint density at radius 2 is 1.96 bits per heavy atom. The summed E-state index contributed by atoms with van der Waals surface area (Å²) in [5.41, 5.74) is 0.609. The summed E-state index contributed by atoms with van der Waals surface area (Å²) in [5.74, 6) is 0.0928. The first kappa shape index (κ1) is 15.7. The van der Waals surface area contributed by atoms with Crippen LogP contribution in [0.3, 0.4) is 0 Å². The highest BCUT2D eigenvalue weighted by Crippen LogP contribution is 2.29. The van der Waals surface area contributed by atoms with Crippen LogP contribution < -0.4 is 4.90 Å². The fourth-order valence-corrected chi connectivity index (χ4v) is 2.73. The van der Waals surface area contributed by atoms with E-state index < -0.39 is 4.92 Å². The van der Waals surface area contributed by atoms with Crippen molar-refractivity contribution in [3.8, 4) is 0 Å². The third kappa shape index (κ3) is 2.98. The van der Waals surface area contributed by atoms with E-state index in [-0.39, 0.29) is 22.9 Å². The number of benzene rings is 1. The van der Waals surface area contributed by atoms with Crippen LogP contribution >= 0.6 is 0 Å². The van der Waals surface area contributed by atoms with E-state index in [4.69, 9.17) is 4.42 Å². The molecule has 124 valence electrons. The summed E-state index contributed by atoms with van der Waals surface area (Å²) >= 11 is 0. The topological polar surface area (TPSA) is 96.9 Å². The van der Waals surface area contributed by atoms with Crippen LogP contribution in [-0.2, 0) is 0 Å². The van der Waals surface area contributed by atoms with E-state index >= 15 is 0 Å². The third-order valence-corrected chi connectivity index (χ3v) is 3.97. The van der Waals surface area contributed by atoms with Gasteiger partial charge in [0.2, 0.25) is 0 Å². The van der Waals surface area contributed by atoms with E-state index in [1.165, 1.54) is 12.3 Å². The molecule has 0 N–H and O–H groups in total. The largest absolute Gasteiger partial charge is 0.459 e. The molecule has 1 saturated heterocycles. The van der Waals surface area contributed by atoms with Gasteiger partial charge in [0.05, 0.1) is 11.2 Å². The molecule has 24 heavy (non-hydrogen) atoms. The number of carbonyl (C=O) groups excluding carboxylic acids is 2. The van der Waals surface area contributed by atoms with Gasteiger partial charge in [-0.05, 0) is 24.3 Å². The van der Waals surface area contributed by atoms with Crippen LogP contribution in [0, 0.1) is 10.1 Å². The van der Waals surface area contributed by atoms with Gasteiger partial charge < -0.3 is 14.2 Å². The molecule has 1 aromatic carbocycles. The molecule has 1 aromatic heterocycles. The zero-order valence-corrected chi connectivity index (χ0v) is 12.8. The zero-order chi connectivity index (χ0) is 17.1. The quantitative estimate of drug-likeness (QED) is 0.483. The number of rotatable bonds is 4. The predicted molar refractivity (Wildman–Crippen MR) is 85.3 cm³/mol. The molecule has 0 bridgehead atoms. The van der Waals surface area contributed by atoms with Crippen LogP contribution in [-0.4, -0.2) is 48.2 Å². The van der Waals surface area contributed by atoms with Gasteiger partial charge >= 0.3 is 0 Å². The van der Waals surface area contributed by atoms with Gasteiger partial charge in [0.15, 0.2) is 5.76 Å². The number of nitro benzene ring substituents is 1. The van der Waals surface area contributed by atoms with E-state index in [2.05, 4.69) is 0 Å². The average Bonchev–Trinajstić information content (AvgIpc) is 3.15. The summed E-state index contributed by atoms with van der Waals surface area (Å²) in [6.45, 7) is 1.81. The Labute approximate surface area is 137 Å². The van der Waals surface area contributed by atoms with Crippen molar-refractivity contribution >= 4 is 23.6 Å². The van der Waals surface area contributed by atoms with Crippen LogP contribution in [0.2, 0.25) is 0 Å². The first-order chi connectivity index (χ1) is 11.6. The van der Waals surface area contributed by atoms with Crippen LogP contribution in [0.25, 0.3) is 0 Å². The molecule has 1 fully saturated rings. The maximum atomic E-state index is 12.2. The van der Waals surface area contributed by atoms with Crippen LogP contribution in [0.5, 0.6) is 0 Å². The first-order valence-electron chi connectivity index (χ1n) is 7.41. The number of hydrogen-bond donors (Lipinski definition) is 0. The van der Waals surface area contributed by atoms with Gasteiger partial charge in [-0.15, -0.1) is 0 Å². The Morgan fingerprint density at radius 3 is 2.54 bits per heavy atom. The second-order valence-electron chi connectivity index (χ2n) is 5.38. The molecule has 0 unspecified atom stereocenters. The van der Waals surface area contributed by atoms with E-state index in [1.54, 1.807) is 29.2 Å². The Kier molecular flexibility index (Phi) is 4.28. The van der Waals surface area contributed by atoms with Crippen molar-refractivity contribution in [1.29, 1.82) is 0 Å². The number of piperazine rings is 1.